The average Bonchev–Trinajstić information content (AvgIpc) is 3.48. The number of hydrogen-bond acceptors (Lipinski definition) is 7. The first-order valence-corrected chi connectivity index (χ1v) is 11.2. The zero-order valence-electron chi connectivity index (χ0n) is 17.5. The normalized spacial score (nSPS) is 15.6. The first kappa shape index (κ1) is 20.6. The fourth-order valence-electron chi connectivity index (χ4n) is 3.83. The first-order chi connectivity index (χ1) is 14.5. The minimum absolute atomic E-state index is 0.0749. The highest BCUT2D eigenvalue weighted by atomic mass is 32.2. The number of thioether (sulfide) groups is 1. The number of hydrogen-bond donors (Lipinski definition) is 1. The van der Waals surface area contributed by atoms with Crippen LogP contribution in [0.5, 0.6) is 0 Å². The number of nitrogens with one attached hydrogen (secondary N) is 1. The van der Waals surface area contributed by atoms with E-state index in [4.69, 9.17) is 4.52 Å². The van der Waals surface area contributed by atoms with Crippen LogP contribution in [0.15, 0.2) is 40.3 Å². The predicted molar refractivity (Wildman–Crippen MR) is 113 cm³/mol. The lowest BCUT2D eigenvalue weighted by Gasteiger charge is -2.26. The van der Waals surface area contributed by atoms with Gasteiger partial charge in [-0.05, 0) is 36.5 Å². The van der Waals surface area contributed by atoms with Crippen molar-refractivity contribution in [1.82, 2.24) is 30.2 Å². The molecular weight excluding hydrogens is 400 g/mol. The van der Waals surface area contributed by atoms with Crippen molar-refractivity contribution in [3.63, 3.8) is 0 Å². The van der Waals surface area contributed by atoms with E-state index in [-0.39, 0.29) is 11.7 Å². The molecule has 1 amide bonds. The van der Waals surface area contributed by atoms with Crippen LogP contribution in [0.2, 0.25) is 0 Å². The van der Waals surface area contributed by atoms with Crippen LogP contribution in [0.4, 0.5) is 0 Å². The molecule has 0 atom stereocenters. The molecule has 2 heterocycles. The summed E-state index contributed by atoms with van der Waals surface area (Å²) < 4.78 is 7.05. The predicted octanol–water partition coefficient (Wildman–Crippen LogP) is 3.76. The molecule has 4 rings (SSSR count). The molecule has 9 heteroatoms. The summed E-state index contributed by atoms with van der Waals surface area (Å²) in [6, 6.07) is 8.32. The average molecular weight is 427 g/mol. The number of aryl methyl sites for hydroxylation is 1. The Kier molecular flexibility index (Phi) is 5.90. The van der Waals surface area contributed by atoms with E-state index in [1.807, 2.05) is 4.57 Å². The van der Waals surface area contributed by atoms with Crippen molar-refractivity contribution in [3.8, 4) is 5.69 Å². The molecule has 1 aliphatic rings. The Hall–Kier alpha value is -2.68. The van der Waals surface area contributed by atoms with Crippen LogP contribution in [0.3, 0.4) is 0 Å². The molecule has 0 bridgehead atoms. The summed E-state index contributed by atoms with van der Waals surface area (Å²) in [5.74, 6) is 1.72. The Balaban J connectivity index is 1.43. The lowest BCUT2D eigenvalue weighted by atomic mass is 9.96. The molecule has 158 valence electrons. The van der Waals surface area contributed by atoms with Crippen molar-refractivity contribution in [1.29, 1.82) is 0 Å². The van der Waals surface area contributed by atoms with Gasteiger partial charge in [-0.3, -0.25) is 9.36 Å². The molecule has 30 heavy (non-hydrogen) atoms. The SMILES string of the molecule is Cc1nc(C2(NC(=O)CSc3nncn3-c3ccc(C(C)C)cc3)CCCC2)no1. The number of nitrogens with zero attached hydrogens (tertiary/aromatic N) is 5. The van der Waals surface area contributed by atoms with E-state index in [0.717, 1.165) is 31.4 Å². The third kappa shape index (κ3) is 4.26. The molecule has 1 aromatic carbocycles. The fraction of sp³-hybridized carbons (Fsp3) is 0.476. The summed E-state index contributed by atoms with van der Waals surface area (Å²) in [5.41, 5.74) is 1.72. The second-order valence-electron chi connectivity index (χ2n) is 7.99. The van der Waals surface area contributed by atoms with Gasteiger partial charge in [0.2, 0.25) is 11.8 Å². The molecule has 1 fully saturated rings. The van der Waals surface area contributed by atoms with Crippen LogP contribution in [0.25, 0.3) is 5.69 Å². The van der Waals surface area contributed by atoms with Gasteiger partial charge >= 0.3 is 0 Å². The zero-order chi connectivity index (χ0) is 21.1. The quantitative estimate of drug-likeness (QED) is 0.574. The molecule has 8 nitrogen and oxygen atoms in total. The van der Waals surface area contributed by atoms with Gasteiger partial charge < -0.3 is 9.84 Å². The molecule has 1 saturated carbocycles. The maximum Gasteiger partial charge on any atom is 0.231 e. The van der Waals surface area contributed by atoms with Gasteiger partial charge in [-0.15, -0.1) is 10.2 Å². The number of carbonyl (C=O) groups is 1. The third-order valence-corrected chi connectivity index (χ3v) is 6.42. The van der Waals surface area contributed by atoms with E-state index in [9.17, 15) is 4.79 Å². The van der Waals surface area contributed by atoms with Crippen molar-refractivity contribution in [2.45, 2.75) is 63.1 Å². The van der Waals surface area contributed by atoms with E-state index < -0.39 is 5.54 Å². The van der Waals surface area contributed by atoms with E-state index in [2.05, 4.69) is 63.8 Å². The summed E-state index contributed by atoms with van der Waals surface area (Å²) >= 11 is 1.36. The molecule has 2 aromatic heterocycles. The highest BCUT2D eigenvalue weighted by Gasteiger charge is 2.41. The second-order valence-corrected chi connectivity index (χ2v) is 8.94. The van der Waals surface area contributed by atoms with Crippen LogP contribution in [-0.4, -0.2) is 36.6 Å². The van der Waals surface area contributed by atoms with Gasteiger partial charge in [-0.1, -0.05) is 55.7 Å². The number of amides is 1. The molecule has 0 saturated heterocycles. The van der Waals surface area contributed by atoms with Crippen molar-refractivity contribution in [2.24, 2.45) is 0 Å². The number of benzene rings is 1. The topological polar surface area (TPSA) is 98.7 Å². The minimum Gasteiger partial charge on any atom is -0.342 e. The van der Waals surface area contributed by atoms with E-state index in [1.165, 1.54) is 17.3 Å². The molecule has 0 aliphatic heterocycles. The van der Waals surface area contributed by atoms with Crippen molar-refractivity contribution in [3.05, 3.63) is 47.9 Å². The number of aromatic nitrogens is 5. The van der Waals surface area contributed by atoms with Gasteiger partial charge in [0, 0.05) is 12.6 Å². The van der Waals surface area contributed by atoms with Crippen molar-refractivity contribution >= 4 is 17.7 Å². The van der Waals surface area contributed by atoms with Gasteiger partial charge in [0.05, 0.1) is 5.75 Å². The van der Waals surface area contributed by atoms with Gasteiger partial charge in [-0.25, -0.2) is 0 Å². The third-order valence-electron chi connectivity index (χ3n) is 5.48. The van der Waals surface area contributed by atoms with Crippen molar-refractivity contribution < 1.29 is 9.32 Å². The van der Waals surface area contributed by atoms with Crippen LogP contribution < -0.4 is 5.32 Å². The molecule has 1 aliphatic carbocycles. The van der Waals surface area contributed by atoms with Gasteiger partial charge in [0.15, 0.2) is 11.0 Å². The lowest BCUT2D eigenvalue weighted by Crippen LogP contribution is -2.45. The van der Waals surface area contributed by atoms with Gasteiger partial charge in [0.1, 0.15) is 11.9 Å². The van der Waals surface area contributed by atoms with Crippen LogP contribution in [0, 0.1) is 6.92 Å². The Labute approximate surface area is 179 Å². The summed E-state index contributed by atoms with van der Waals surface area (Å²) in [4.78, 5) is 17.1. The Morgan fingerprint density at radius 1 is 1.27 bits per heavy atom. The van der Waals surface area contributed by atoms with E-state index in [1.54, 1.807) is 13.3 Å². The lowest BCUT2D eigenvalue weighted by molar-refractivity contribution is -0.120. The second kappa shape index (κ2) is 8.59. The standard InChI is InChI=1S/C21H26N6O2S/c1-14(2)16-6-8-17(9-7-16)27-13-22-25-20(27)30-12-18(28)24-21(10-4-5-11-21)19-23-15(3)29-26-19/h6-9,13-14H,4-5,10-12H2,1-3H3,(H,24,28). The number of rotatable bonds is 7. The Bertz CT molecular complexity index is 1000. The Morgan fingerprint density at radius 3 is 2.63 bits per heavy atom. The maximum absolute atomic E-state index is 12.8. The summed E-state index contributed by atoms with van der Waals surface area (Å²) in [6.07, 6.45) is 5.37. The minimum atomic E-state index is -0.532. The molecule has 0 spiro atoms. The van der Waals surface area contributed by atoms with Crippen molar-refractivity contribution in [2.75, 3.05) is 5.75 Å². The zero-order valence-corrected chi connectivity index (χ0v) is 18.3. The smallest absolute Gasteiger partial charge is 0.231 e. The fourth-order valence-corrected chi connectivity index (χ4v) is 4.56. The highest BCUT2D eigenvalue weighted by Crippen LogP contribution is 2.37. The summed E-state index contributed by atoms with van der Waals surface area (Å²) in [7, 11) is 0. The summed E-state index contributed by atoms with van der Waals surface area (Å²) in [5, 5.41) is 16.1. The highest BCUT2D eigenvalue weighted by molar-refractivity contribution is 7.99. The number of carbonyl (C=O) groups excluding carboxylic acids is 1. The van der Waals surface area contributed by atoms with E-state index in [0.29, 0.717) is 22.8 Å². The first-order valence-electron chi connectivity index (χ1n) is 10.2. The maximum atomic E-state index is 12.8. The molecule has 3 aromatic rings. The van der Waals surface area contributed by atoms with Crippen LogP contribution >= 0.6 is 11.8 Å². The summed E-state index contributed by atoms with van der Waals surface area (Å²) in [6.45, 7) is 6.10. The Morgan fingerprint density at radius 2 is 2.00 bits per heavy atom. The molecule has 0 radical (unpaired) electrons. The molecule has 0 unspecified atom stereocenters. The van der Waals surface area contributed by atoms with Gasteiger partial charge in [-0.2, -0.15) is 4.98 Å². The molecule has 1 N–H and O–H groups in total. The van der Waals surface area contributed by atoms with E-state index >= 15 is 0 Å². The monoisotopic (exact) mass is 426 g/mol. The molecular formula is C21H26N6O2S. The van der Waals surface area contributed by atoms with Crippen LogP contribution in [0.1, 0.15) is 62.7 Å². The van der Waals surface area contributed by atoms with Gasteiger partial charge in [0.25, 0.3) is 0 Å². The van der Waals surface area contributed by atoms with Crippen LogP contribution in [-0.2, 0) is 10.3 Å². The largest absolute Gasteiger partial charge is 0.342 e.